The first kappa shape index (κ1) is 13.9. The lowest BCUT2D eigenvalue weighted by molar-refractivity contribution is -0.120. The van der Waals surface area contributed by atoms with Crippen LogP contribution in [0.15, 0.2) is 18.7 Å². The van der Waals surface area contributed by atoms with E-state index >= 15 is 0 Å². The SMILES string of the molecule is C=CCNC(=O)CNC(C)c1cc(C)sc1C. The molecule has 0 aliphatic rings. The summed E-state index contributed by atoms with van der Waals surface area (Å²) in [4.78, 5) is 14.0. The number of rotatable bonds is 6. The molecule has 1 amide bonds. The Kier molecular flexibility index (Phi) is 5.38. The first-order chi connectivity index (χ1) is 8.04. The maximum atomic E-state index is 11.4. The Morgan fingerprint density at radius 2 is 2.29 bits per heavy atom. The van der Waals surface area contributed by atoms with Crippen molar-refractivity contribution in [2.45, 2.75) is 26.8 Å². The zero-order valence-corrected chi connectivity index (χ0v) is 11.5. The predicted molar refractivity (Wildman–Crippen MR) is 73.4 cm³/mol. The molecule has 0 aromatic carbocycles. The van der Waals surface area contributed by atoms with Crippen molar-refractivity contribution in [1.29, 1.82) is 0 Å². The van der Waals surface area contributed by atoms with Gasteiger partial charge in [0.1, 0.15) is 0 Å². The minimum absolute atomic E-state index is 0.00125. The van der Waals surface area contributed by atoms with Crippen LogP contribution in [0, 0.1) is 13.8 Å². The van der Waals surface area contributed by atoms with Crippen molar-refractivity contribution < 1.29 is 4.79 Å². The van der Waals surface area contributed by atoms with Crippen LogP contribution in [0.4, 0.5) is 0 Å². The standard InChI is InChI=1S/C13H20N2OS/c1-5-6-14-13(16)8-15-10(3)12-7-9(2)17-11(12)4/h5,7,10,15H,1,6,8H2,2-4H3,(H,14,16). The van der Waals surface area contributed by atoms with Crippen LogP contribution in [-0.4, -0.2) is 19.0 Å². The second-order valence-electron chi connectivity index (χ2n) is 4.06. The van der Waals surface area contributed by atoms with Gasteiger partial charge in [0.25, 0.3) is 0 Å². The summed E-state index contributed by atoms with van der Waals surface area (Å²) in [5.74, 6) is 0.00125. The van der Waals surface area contributed by atoms with E-state index < -0.39 is 0 Å². The zero-order chi connectivity index (χ0) is 12.8. The normalized spacial score (nSPS) is 12.2. The lowest BCUT2D eigenvalue weighted by atomic mass is 10.1. The van der Waals surface area contributed by atoms with Gasteiger partial charge in [-0.15, -0.1) is 17.9 Å². The molecule has 94 valence electrons. The van der Waals surface area contributed by atoms with Gasteiger partial charge in [0.2, 0.25) is 5.91 Å². The first-order valence-electron chi connectivity index (χ1n) is 5.72. The Labute approximate surface area is 107 Å². The third-order valence-electron chi connectivity index (χ3n) is 2.56. The molecule has 0 saturated heterocycles. The molecule has 17 heavy (non-hydrogen) atoms. The van der Waals surface area contributed by atoms with Crippen molar-refractivity contribution in [3.05, 3.63) is 34.0 Å². The van der Waals surface area contributed by atoms with Gasteiger partial charge >= 0.3 is 0 Å². The second-order valence-corrected chi connectivity index (χ2v) is 5.52. The van der Waals surface area contributed by atoms with Crippen LogP contribution in [0.3, 0.4) is 0 Å². The number of thiophene rings is 1. The van der Waals surface area contributed by atoms with Gasteiger partial charge in [-0.2, -0.15) is 0 Å². The predicted octanol–water partition coefficient (Wildman–Crippen LogP) is 2.32. The quantitative estimate of drug-likeness (QED) is 0.763. The van der Waals surface area contributed by atoms with Gasteiger partial charge in [0.05, 0.1) is 6.54 Å². The minimum atomic E-state index is 0.00125. The van der Waals surface area contributed by atoms with E-state index in [4.69, 9.17) is 0 Å². The number of nitrogens with one attached hydrogen (secondary N) is 2. The van der Waals surface area contributed by atoms with E-state index in [-0.39, 0.29) is 11.9 Å². The topological polar surface area (TPSA) is 41.1 Å². The highest BCUT2D eigenvalue weighted by Gasteiger charge is 2.11. The Hall–Kier alpha value is -1.13. The van der Waals surface area contributed by atoms with Gasteiger partial charge in [-0.05, 0) is 32.4 Å². The van der Waals surface area contributed by atoms with Crippen LogP contribution in [0.5, 0.6) is 0 Å². The van der Waals surface area contributed by atoms with Crippen LogP contribution in [0.1, 0.15) is 28.3 Å². The van der Waals surface area contributed by atoms with E-state index in [2.05, 4.69) is 44.1 Å². The van der Waals surface area contributed by atoms with Gasteiger partial charge in [-0.3, -0.25) is 4.79 Å². The Morgan fingerprint density at radius 3 is 2.82 bits per heavy atom. The molecule has 3 nitrogen and oxygen atoms in total. The summed E-state index contributed by atoms with van der Waals surface area (Å²) in [6.45, 7) is 10.7. The molecule has 1 rings (SSSR count). The average molecular weight is 252 g/mol. The fraction of sp³-hybridized carbons (Fsp3) is 0.462. The molecule has 4 heteroatoms. The van der Waals surface area contributed by atoms with E-state index in [0.29, 0.717) is 13.1 Å². The molecule has 2 N–H and O–H groups in total. The van der Waals surface area contributed by atoms with Crippen LogP contribution in [-0.2, 0) is 4.79 Å². The number of aryl methyl sites for hydroxylation is 2. The average Bonchev–Trinajstić information content (AvgIpc) is 2.62. The van der Waals surface area contributed by atoms with Gasteiger partial charge in [0.15, 0.2) is 0 Å². The number of carbonyl (C=O) groups is 1. The van der Waals surface area contributed by atoms with E-state index in [9.17, 15) is 4.79 Å². The molecule has 0 radical (unpaired) electrons. The third-order valence-corrected chi connectivity index (χ3v) is 3.54. The van der Waals surface area contributed by atoms with E-state index in [1.807, 2.05) is 0 Å². The molecule has 0 spiro atoms. The smallest absolute Gasteiger partial charge is 0.234 e. The van der Waals surface area contributed by atoms with Gasteiger partial charge in [-0.25, -0.2) is 0 Å². The fourth-order valence-corrected chi connectivity index (χ4v) is 2.71. The molecule has 1 atom stereocenters. The van der Waals surface area contributed by atoms with Crippen LogP contribution >= 0.6 is 11.3 Å². The Morgan fingerprint density at radius 1 is 1.59 bits per heavy atom. The summed E-state index contributed by atoms with van der Waals surface area (Å²) >= 11 is 1.79. The summed E-state index contributed by atoms with van der Waals surface area (Å²) in [6, 6.07) is 2.38. The number of amides is 1. The molecule has 0 aliphatic carbocycles. The fourth-order valence-electron chi connectivity index (χ4n) is 1.68. The zero-order valence-electron chi connectivity index (χ0n) is 10.7. The maximum absolute atomic E-state index is 11.4. The highest BCUT2D eigenvalue weighted by molar-refractivity contribution is 7.12. The molecule has 1 unspecified atom stereocenters. The maximum Gasteiger partial charge on any atom is 0.234 e. The first-order valence-corrected chi connectivity index (χ1v) is 6.54. The molecule has 1 heterocycles. The Bertz CT molecular complexity index is 398. The van der Waals surface area contributed by atoms with E-state index in [1.165, 1.54) is 15.3 Å². The summed E-state index contributed by atoms with van der Waals surface area (Å²) < 4.78 is 0. The molecule has 0 bridgehead atoms. The van der Waals surface area contributed by atoms with Crippen LogP contribution < -0.4 is 10.6 Å². The number of hydrogen-bond acceptors (Lipinski definition) is 3. The Balaban J connectivity index is 2.44. The molecule has 1 aromatic rings. The van der Waals surface area contributed by atoms with Crippen molar-refractivity contribution in [3.8, 4) is 0 Å². The minimum Gasteiger partial charge on any atom is -0.352 e. The van der Waals surface area contributed by atoms with E-state index in [0.717, 1.165) is 0 Å². The summed E-state index contributed by atoms with van der Waals surface area (Å²) in [5.41, 5.74) is 1.28. The number of carbonyl (C=O) groups excluding carboxylic acids is 1. The van der Waals surface area contributed by atoms with Crippen LogP contribution in [0.25, 0.3) is 0 Å². The highest BCUT2D eigenvalue weighted by Crippen LogP contribution is 2.25. The molecular formula is C13H20N2OS. The molecule has 0 fully saturated rings. The second kappa shape index (κ2) is 6.57. The number of hydrogen-bond donors (Lipinski definition) is 2. The van der Waals surface area contributed by atoms with Gasteiger partial charge in [0, 0.05) is 22.3 Å². The van der Waals surface area contributed by atoms with Crippen molar-refractivity contribution in [2.24, 2.45) is 0 Å². The summed E-state index contributed by atoms with van der Waals surface area (Å²) in [7, 11) is 0. The summed E-state index contributed by atoms with van der Waals surface area (Å²) in [6.07, 6.45) is 1.67. The third kappa shape index (κ3) is 4.32. The molecule has 0 saturated carbocycles. The lowest BCUT2D eigenvalue weighted by Gasteiger charge is -2.13. The monoisotopic (exact) mass is 252 g/mol. The van der Waals surface area contributed by atoms with E-state index in [1.54, 1.807) is 17.4 Å². The largest absolute Gasteiger partial charge is 0.352 e. The molecule has 1 aromatic heterocycles. The van der Waals surface area contributed by atoms with Crippen LogP contribution in [0.2, 0.25) is 0 Å². The van der Waals surface area contributed by atoms with Crippen molar-refractivity contribution >= 4 is 17.2 Å². The van der Waals surface area contributed by atoms with Gasteiger partial charge in [-0.1, -0.05) is 6.08 Å². The lowest BCUT2D eigenvalue weighted by Crippen LogP contribution is -2.35. The van der Waals surface area contributed by atoms with Gasteiger partial charge < -0.3 is 10.6 Å². The van der Waals surface area contributed by atoms with Crippen molar-refractivity contribution in [1.82, 2.24) is 10.6 Å². The van der Waals surface area contributed by atoms with Crippen molar-refractivity contribution in [2.75, 3.05) is 13.1 Å². The molecular weight excluding hydrogens is 232 g/mol. The molecule has 0 aliphatic heterocycles. The van der Waals surface area contributed by atoms with Crippen molar-refractivity contribution in [3.63, 3.8) is 0 Å². The highest BCUT2D eigenvalue weighted by atomic mass is 32.1. The summed E-state index contributed by atoms with van der Waals surface area (Å²) in [5, 5.41) is 5.96.